The van der Waals surface area contributed by atoms with E-state index in [1.807, 2.05) is 0 Å². The second-order valence-electron chi connectivity index (χ2n) is 7.78. The van der Waals surface area contributed by atoms with E-state index in [4.69, 9.17) is 0 Å². The van der Waals surface area contributed by atoms with E-state index in [2.05, 4.69) is 29.3 Å². The summed E-state index contributed by atoms with van der Waals surface area (Å²) in [6.07, 6.45) is 2.55. The number of nitrogens with one attached hydrogen (secondary N) is 1. The third kappa shape index (κ3) is 4.86. The Labute approximate surface area is 212 Å². The summed E-state index contributed by atoms with van der Waals surface area (Å²) >= 11 is 1.04. The lowest BCUT2D eigenvalue weighted by Gasteiger charge is -2.20. The molecule has 0 radical (unpaired) electrons. The van der Waals surface area contributed by atoms with Gasteiger partial charge in [-0.3, -0.25) is 4.72 Å². The molecule has 2 aromatic heterocycles. The van der Waals surface area contributed by atoms with E-state index in [1.165, 1.54) is 28.6 Å². The summed E-state index contributed by atoms with van der Waals surface area (Å²) in [5, 5.41) is 20.8. The molecule has 2 heterocycles. The van der Waals surface area contributed by atoms with Crippen LogP contribution < -0.4 is 4.72 Å². The standard InChI is InChI=1S/C21H23N7O5S3/c1-5-28(6-2)36(32,33)17-10-16(24-25-21-14-11-22-12(3)23-20(14)26-34-21)18-13(19(17)29)8-7-9-15(18)27-35(4,30)31/h7-11,27,29H,5-6H2,1-4H3. The highest BCUT2D eigenvalue weighted by Crippen LogP contribution is 2.44. The molecule has 0 fully saturated rings. The lowest BCUT2D eigenvalue weighted by molar-refractivity contribution is 0.431. The van der Waals surface area contributed by atoms with Gasteiger partial charge in [0.05, 0.1) is 23.0 Å². The summed E-state index contributed by atoms with van der Waals surface area (Å²) in [6.45, 7) is 5.49. The molecular weight excluding hydrogens is 526 g/mol. The summed E-state index contributed by atoms with van der Waals surface area (Å²) in [7, 11) is -7.80. The molecule has 4 aromatic rings. The Morgan fingerprint density at radius 3 is 2.50 bits per heavy atom. The maximum atomic E-state index is 13.3. The Hall–Kier alpha value is -3.27. The van der Waals surface area contributed by atoms with Crippen molar-refractivity contribution in [1.82, 2.24) is 18.6 Å². The fourth-order valence-electron chi connectivity index (χ4n) is 3.67. The van der Waals surface area contributed by atoms with Crippen LogP contribution in [0.1, 0.15) is 19.7 Å². The quantitative estimate of drug-likeness (QED) is 0.310. The van der Waals surface area contributed by atoms with Crippen LogP contribution in [0.2, 0.25) is 0 Å². The second-order valence-corrected chi connectivity index (χ2v) is 12.2. The van der Waals surface area contributed by atoms with Crippen LogP contribution in [-0.4, -0.2) is 59.9 Å². The molecule has 0 amide bonds. The first kappa shape index (κ1) is 25.8. The molecule has 4 rings (SSSR count). The maximum absolute atomic E-state index is 13.3. The average molecular weight is 550 g/mol. The number of sulfonamides is 2. The third-order valence-corrected chi connectivity index (χ3v) is 8.67. The predicted molar refractivity (Wildman–Crippen MR) is 138 cm³/mol. The van der Waals surface area contributed by atoms with Gasteiger partial charge in [0.2, 0.25) is 20.0 Å². The van der Waals surface area contributed by atoms with Crippen molar-refractivity contribution in [2.45, 2.75) is 25.7 Å². The first-order chi connectivity index (χ1) is 17.0. The van der Waals surface area contributed by atoms with E-state index >= 15 is 0 Å². The van der Waals surface area contributed by atoms with Gasteiger partial charge in [-0.25, -0.2) is 26.8 Å². The first-order valence-electron chi connectivity index (χ1n) is 10.7. The number of nitrogens with zero attached hydrogens (tertiary/aromatic N) is 6. The van der Waals surface area contributed by atoms with Gasteiger partial charge < -0.3 is 5.11 Å². The molecule has 2 N–H and O–H groups in total. The van der Waals surface area contributed by atoms with Gasteiger partial charge in [0.1, 0.15) is 16.5 Å². The monoisotopic (exact) mass is 549 g/mol. The minimum Gasteiger partial charge on any atom is -0.506 e. The van der Waals surface area contributed by atoms with Gasteiger partial charge in [-0.05, 0) is 30.6 Å². The normalized spacial score (nSPS) is 12.8. The Bertz CT molecular complexity index is 1710. The molecule has 0 aliphatic rings. The van der Waals surface area contributed by atoms with Crippen LogP contribution in [0, 0.1) is 6.92 Å². The zero-order valence-electron chi connectivity index (χ0n) is 19.8. The fourth-order valence-corrected chi connectivity index (χ4v) is 6.45. The van der Waals surface area contributed by atoms with E-state index in [1.54, 1.807) is 27.0 Å². The minimum atomic E-state index is -4.09. The minimum absolute atomic E-state index is 0.0369. The van der Waals surface area contributed by atoms with Crippen molar-refractivity contribution in [3.8, 4) is 5.75 Å². The molecule has 0 saturated heterocycles. The van der Waals surface area contributed by atoms with Crippen LogP contribution in [-0.2, 0) is 20.0 Å². The topological polar surface area (TPSA) is 167 Å². The zero-order valence-corrected chi connectivity index (χ0v) is 22.2. The van der Waals surface area contributed by atoms with E-state index in [0.717, 1.165) is 17.8 Å². The lowest BCUT2D eigenvalue weighted by Crippen LogP contribution is -2.30. The first-order valence-corrected chi connectivity index (χ1v) is 14.8. The Morgan fingerprint density at radius 1 is 1.11 bits per heavy atom. The van der Waals surface area contributed by atoms with Crippen molar-refractivity contribution in [2.75, 3.05) is 24.1 Å². The van der Waals surface area contributed by atoms with E-state index in [-0.39, 0.29) is 40.1 Å². The van der Waals surface area contributed by atoms with Crippen molar-refractivity contribution in [3.05, 3.63) is 36.3 Å². The summed E-state index contributed by atoms with van der Waals surface area (Å²) in [5.41, 5.74) is 0.593. The zero-order chi connectivity index (χ0) is 26.3. The molecule has 0 spiro atoms. The number of azo groups is 1. The van der Waals surface area contributed by atoms with Crippen LogP contribution >= 0.6 is 11.5 Å². The van der Waals surface area contributed by atoms with Crippen molar-refractivity contribution in [1.29, 1.82) is 0 Å². The highest BCUT2D eigenvalue weighted by molar-refractivity contribution is 7.92. The van der Waals surface area contributed by atoms with Crippen LogP contribution in [0.5, 0.6) is 5.75 Å². The number of benzene rings is 2. The molecule has 0 aliphatic carbocycles. The Kier molecular flexibility index (Phi) is 6.92. The third-order valence-electron chi connectivity index (χ3n) is 5.28. The number of aromatic nitrogens is 3. The second kappa shape index (κ2) is 9.65. The number of phenolic OH excluding ortho intramolecular Hbond substituents is 1. The highest BCUT2D eigenvalue weighted by atomic mass is 32.2. The number of anilines is 1. The van der Waals surface area contributed by atoms with Crippen LogP contribution in [0.3, 0.4) is 0 Å². The van der Waals surface area contributed by atoms with Gasteiger partial charge in [-0.15, -0.1) is 10.2 Å². The molecule has 36 heavy (non-hydrogen) atoms. The van der Waals surface area contributed by atoms with Crippen LogP contribution in [0.4, 0.5) is 16.4 Å². The maximum Gasteiger partial charge on any atom is 0.246 e. The largest absolute Gasteiger partial charge is 0.506 e. The molecule has 0 saturated carbocycles. The predicted octanol–water partition coefficient (Wildman–Crippen LogP) is 4.07. The van der Waals surface area contributed by atoms with Gasteiger partial charge in [-0.2, -0.15) is 8.68 Å². The van der Waals surface area contributed by atoms with Crippen molar-refractivity contribution in [3.63, 3.8) is 0 Å². The van der Waals surface area contributed by atoms with Crippen molar-refractivity contribution >= 4 is 69.8 Å². The molecule has 12 nitrogen and oxygen atoms in total. The van der Waals surface area contributed by atoms with Gasteiger partial charge in [0.15, 0.2) is 10.6 Å². The van der Waals surface area contributed by atoms with Crippen LogP contribution in [0.25, 0.3) is 21.8 Å². The molecule has 0 atom stereocenters. The van der Waals surface area contributed by atoms with E-state index in [0.29, 0.717) is 21.9 Å². The summed E-state index contributed by atoms with van der Waals surface area (Å²) < 4.78 is 58.5. The molecule has 0 aliphatic heterocycles. The van der Waals surface area contributed by atoms with Crippen LogP contribution in [0.15, 0.2) is 45.6 Å². The number of aryl methyl sites for hydroxylation is 1. The Morgan fingerprint density at radius 2 is 1.83 bits per heavy atom. The van der Waals surface area contributed by atoms with Crippen molar-refractivity contribution < 1.29 is 21.9 Å². The van der Waals surface area contributed by atoms with Gasteiger partial charge in [-0.1, -0.05) is 26.0 Å². The summed E-state index contributed by atoms with van der Waals surface area (Å²) in [4.78, 5) is 8.04. The van der Waals surface area contributed by atoms with Gasteiger partial charge in [0.25, 0.3) is 0 Å². The van der Waals surface area contributed by atoms with Gasteiger partial charge >= 0.3 is 0 Å². The number of fused-ring (bicyclic) bond motifs is 2. The number of rotatable bonds is 8. The van der Waals surface area contributed by atoms with E-state index in [9.17, 15) is 21.9 Å². The number of aromatic hydroxyl groups is 1. The van der Waals surface area contributed by atoms with Crippen molar-refractivity contribution in [2.24, 2.45) is 10.2 Å². The fraction of sp³-hybridized carbons (Fsp3) is 0.286. The molecule has 0 bridgehead atoms. The Balaban J connectivity index is 2.00. The summed E-state index contributed by atoms with van der Waals surface area (Å²) in [5.74, 6) is 0.0312. The smallest absolute Gasteiger partial charge is 0.246 e. The highest BCUT2D eigenvalue weighted by Gasteiger charge is 2.28. The molecule has 190 valence electrons. The SMILES string of the molecule is CCN(CC)S(=O)(=O)c1cc(N=Nc2snc3nc(C)ncc23)c2c(NS(C)(=O)=O)cccc2c1O. The number of hydrogen-bond donors (Lipinski definition) is 2. The number of hydrogen-bond acceptors (Lipinski definition) is 11. The number of phenols is 1. The van der Waals surface area contributed by atoms with Gasteiger partial charge in [0, 0.05) is 30.1 Å². The molecular formula is C21H23N7O5S3. The molecule has 2 aromatic carbocycles. The molecule has 0 unspecified atom stereocenters. The average Bonchev–Trinajstić information content (AvgIpc) is 3.20. The lowest BCUT2D eigenvalue weighted by atomic mass is 10.1. The summed E-state index contributed by atoms with van der Waals surface area (Å²) in [6, 6.07) is 5.66. The molecule has 15 heteroatoms. The van der Waals surface area contributed by atoms with E-state index < -0.39 is 25.8 Å².